The third kappa shape index (κ3) is 25.5. The van der Waals surface area contributed by atoms with Gasteiger partial charge in [-0.2, -0.15) is 12.6 Å². The zero-order valence-corrected chi connectivity index (χ0v) is 16.0. The molecule has 0 atom stereocenters. The van der Waals surface area contributed by atoms with Gasteiger partial charge in [-0.05, 0) is 0 Å². The van der Waals surface area contributed by atoms with E-state index < -0.39 is 5.97 Å². The molecule has 2 radical (unpaired) electrons. The average molecular weight is 381 g/mol. The van der Waals surface area contributed by atoms with Gasteiger partial charge in [0, 0.05) is 0 Å². The molecule has 0 saturated heterocycles. The van der Waals surface area contributed by atoms with E-state index >= 15 is 0 Å². The van der Waals surface area contributed by atoms with Crippen LogP contribution in [0.1, 0.15) is 59.3 Å². The van der Waals surface area contributed by atoms with E-state index in [0.717, 1.165) is 5.92 Å². The molecule has 18 heavy (non-hydrogen) atoms. The molecule has 0 aliphatic heterocycles. The van der Waals surface area contributed by atoms with Gasteiger partial charge in [-0.1, -0.05) is 0 Å². The summed E-state index contributed by atoms with van der Waals surface area (Å²) in [6.07, 6.45) is 8.89. The molecule has 108 valence electrons. The topological polar surface area (TPSA) is 37.3 Å². The quantitative estimate of drug-likeness (QED) is 0.331. The molecule has 0 aliphatic rings. The number of thiol groups is 1. The third-order valence-corrected chi connectivity index (χ3v) is 6.78. The summed E-state index contributed by atoms with van der Waals surface area (Å²) in [6, 6.07) is 0. The summed E-state index contributed by atoms with van der Waals surface area (Å²) in [5, 5.41) is 7.65. The predicted octanol–water partition coefficient (Wildman–Crippen LogP) is 4.54. The standard InChI is InChI=1S/C8H17.C4H9.C2H4O2S.Sn/c1-4-5-6-7-8(2)3;1-3-4-2;3-2(4)1-5;/h8H,1,4-7H2,2-3H3;1,3-4H2,2H3;5H,1H2,(H,3,4);. The van der Waals surface area contributed by atoms with E-state index in [9.17, 15) is 4.79 Å². The molecule has 0 heterocycles. The van der Waals surface area contributed by atoms with E-state index in [4.69, 9.17) is 5.11 Å². The van der Waals surface area contributed by atoms with Gasteiger partial charge in [0.05, 0.1) is 5.75 Å². The Labute approximate surface area is 129 Å². The summed E-state index contributed by atoms with van der Waals surface area (Å²) in [6.45, 7) is 6.97. The van der Waals surface area contributed by atoms with Crippen LogP contribution in [-0.2, 0) is 4.79 Å². The van der Waals surface area contributed by atoms with E-state index in [1.165, 1.54) is 32.1 Å². The van der Waals surface area contributed by atoms with Crippen molar-refractivity contribution in [3.8, 4) is 0 Å². The number of unbranched alkanes of at least 4 members (excludes halogenated alkanes) is 3. The molecule has 0 saturated carbocycles. The molecule has 0 fully saturated rings. The first-order chi connectivity index (χ1) is 8.54. The van der Waals surface area contributed by atoms with E-state index in [0.29, 0.717) is 0 Å². The Balaban J connectivity index is 0. The van der Waals surface area contributed by atoms with Gasteiger partial charge in [-0.15, -0.1) is 0 Å². The van der Waals surface area contributed by atoms with Crippen molar-refractivity contribution in [3.05, 3.63) is 0 Å². The Bertz CT molecular complexity index is 175. The minimum absolute atomic E-state index is 0.0833. The molecule has 0 aliphatic carbocycles. The first-order valence-electron chi connectivity index (χ1n) is 7.07. The van der Waals surface area contributed by atoms with Crippen LogP contribution in [0.3, 0.4) is 0 Å². The maximum Gasteiger partial charge on any atom is 0.313 e. The van der Waals surface area contributed by atoms with Crippen molar-refractivity contribution in [1.82, 2.24) is 0 Å². The fourth-order valence-electron chi connectivity index (χ4n) is 1.41. The molecule has 0 bridgehead atoms. The van der Waals surface area contributed by atoms with E-state index in [2.05, 4.69) is 33.4 Å². The summed E-state index contributed by atoms with van der Waals surface area (Å²) in [4.78, 5) is 9.29. The second kappa shape index (κ2) is 17.6. The molecule has 0 spiro atoms. The van der Waals surface area contributed by atoms with Crippen LogP contribution in [0.25, 0.3) is 0 Å². The average Bonchev–Trinajstić information content (AvgIpc) is 2.33. The molecule has 0 amide bonds. The molecular weight excluding hydrogens is 351 g/mol. The monoisotopic (exact) mass is 382 g/mol. The van der Waals surface area contributed by atoms with Crippen molar-refractivity contribution < 1.29 is 9.90 Å². The van der Waals surface area contributed by atoms with Crippen molar-refractivity contribution in [2.75, 3.05) is 5.75 Å². The fourth-order valence-corrected chi connectivity index (χ4v) is 5.27. The van der Waals surface area contributed by atoms with Gasteiger partial charge in [0.25, 0.3) is 0 Å². The van der Waals surface area contributed by atoms with Crippen molar-refractivity contribution in [2.45, 2.75) is 68.2 Å². The molecule has 0 aromatic carbocycles. The Morgan fingerprint density at radius 3 is 2.17 bits per heavy atom. The van der Waals surface area contributed by atoms with Crippen LogP contribution < -0.4 is 0 Å². The molecule has 0 aromatic rings. The maximum atomic E-state index is 9.29. The van der Waals surface area contributed by atoms with Crippen LogP contribution in [0, 0.1) is 5.92 Å². The molecule has 0 rings (SSSR count). The molecule has 0 aromatic heterocycles. The van der Waals surface area contributed by atoms with Gasteiger partial charge >= 0.3 is 101 Å². The fraction of sp³-hybridized carbons (Fsp3) is 0.929. The summed E-state index contributed by atoms with van der Waals surface area (Å²) < 4.78 is 3.27. The molecule has 4 heteroatoms. The van der Waals surface area contributed by atoms with Crippen LogP contribution in [0.5, 0.6) is 0 Å². The number of carboxylic acids is 1. The van der Waals surface area contributed by atoms with Gasteiger partial charge in [-0.3, -0.25) is 4.79 Å². The number of hydrogen-bond acceptors (Lipinski definition) is 2. The second-order valence-corrected chi connectivity index (χ2v) is 9.50. The number of aliphatic carboxylic acids is 1. The first-order valence-corrected chi connectivity index (χ1v) is 11.7. The molecule has 1 N–H and O–H groups in total. The minimum atomic E-state index is -0.881. The summed E-state index contributed by atoms with van der Waals surface area (Å²) in [5.41, 5.74) is 0. The zero-order valence-electron chi connectivity index (χ0n) is 12.2. The van der Waals surface area contributed by atoms with Crippen LogP contribution in [-0.4, -0.2) is 38.0 Å². The number of hydrogen-bond donors (Lipinski definition) is 2. The van der Waals surface area contributed by atoms with E-state index in [-0.39, 0.29) is 26.9 Å². The van der Waals surface area contributed by atoms with Crippen LogP contribution in [0.4, 0.5) is 0 Å². The molecular formula is C14H30O2SSn. The Morgan fingerprint density at radius 2 is 1.72 bits per heavy atom. The summed E-state index contributed by atoms with van der Waals surface area (Å²) in [7, 11) is 0. The number of carboxylic acid groups (broad SMARTS) is 1. The number of carbonyl (C=O) groups is 1. The minimum Gasteiger partial charge on any atom is -0.481 e. The third-order valence-electron chi connectivity index (χ3n) is 2.48. The number of rotatable bonds is 10. The van der Waals surface area contributed by atoms with Crippen LogP contribution >= 0.6 is 12.6 Å². The Kier molecular flexibility index (Phi) is 20.5. The normalized spacial score (nSPS) is 10.1. The second-order valence-electron chi connectivity index (χ2n) is 4.90. The Hall–Kier alpha value is 0.619. The van der Waals surface area contributed by atoms with Gasteiger partial charge < -0.3 is 5.11 Å². The van der Waals surface area contributed by atoms with Gasteiger partial charge in [0.1, 0.15) is 0 Å². The first kappa shape index (κ1) is 20.9. The van der Waals surface area contributed by atoms with Gasteiger partial charge in [0.2, 0.25) is 0 Å². The van der Waals surface area contributed by atoms with Crippen molar-refractivity contribution in [2.24, 2.45) is 5.92 Å². The SMILES string of the molecule is CCC[CH2][Sn][CH2]CCCCC(C)C.O=C(O)CS. The van der Waals surface area contributed by atoms with Crippen molar-refractivity contribution in [1.29, 1.82) is 0 Å². The molecule has 2 nitrogen and oxygen atoms in total. The Morgan fingerprint density at radius 1 is 1.17 bits per heavy atom. The maximum absolute atomic E-state index is 9.29. The zero-order chi connectivity index (χ0) is 14.2. The predicted molar refractivity (Wildman–Crippen MR) is 85.1 cm³/mol. The summed E-state index contributed by atoms with van der Waals surface area (Å²) in [5.74, 6) is -0.0478. The largest absolute Gasteiger partial charge is 0.481 e. The van der Waals surface area contributed by atoms with Crippen molar-refractivity contribution >= 4 is 39.7 Å². The van der Waals surface area contributed by atoms with Crippen molar-refractivity contribution in [3.63, 3.8) is 0 Å². The van der Waals surface area contributed by atoms with E-state index in [1.807, 2.05) is 0 Å². The van der Waals surface area contributed by atoms with Crippen LogP contribution in [0.2, 0.25) is 8.87 Å². The van der Waals surface area contributed by atoms with Crippen LogP contribution in [0.15, 0.2) is 0 Å². The van der Waals surface area contributed by atoms with E-state index in [1.54, 1.807) is 15.3 Å². The molecule has 0 unspecified atom stereocenters. The smallest absolute Gasteiger partial charge is 0.313 e. The van der Waals surface area contributed by atoms with Gasteiger partial charge in [-0.25, -0.2) is 0 Å². The van der Waals surface area contributed by atoms with Gasteiger partial charge in [0.15, 0.2) is 0 Å². The summed E-state index contributed by atoms with van der Waals surface area (Å²) >= 11 is 3.52.